The summed E-state index contributed by atoms with van der Waals surface area (Å²) in [6.45, 7) is 6.58. The van der Waals surface area contributed by atoms with Gasteiger partial charge in [0.05, 0.1) is 6.04 Å². The molecule has 0 aromatic carbocycles. The van der Waals surface area contributed by atoms with E-state index in [0.29, 0.717) is 12.0 Å². The molecule has 0 bridgehead atoms. The average molecular weight is 292 g/mol. The highest BCUT2D eigenvalue weighted by Crippen LogP contribution is 2.42. The third-order valence-electron chi connectivity index (χ3n) is 5.19. The van der Waals surface area contributed by atoms with Gasteiger partial charge in [0, 0.05) is 10.9 Å². The SMILES string of the molecule is CCC1CCC(N2C(=O)C(C)NC2c2cccs2)C1C. The van der Waals surface area contributed by atoms with Gasteiger partial charge in [-0.2, -0.15) is 0 Å². The Morgan fingerprint density at radius 3 is 2.80 bits per heavy atom. The van der Waals surface area contributed by atoms with Gasteiger partial charge in [0.15, 0.2) is 0 Å². The number of rotatable bonds is 3. The van der Waals surface area contributed by atoms with Crippen molar-refractivity contribution in [2.24, 2.45) is 11.8 Å². The van der Waals surface area contributed by atoms with E-state index in [1.165, 1.54) is 17.7 Å². The fourth-order valence-corrected chi connectivity index (χ4v) is 4.74. The van der Waals surface area contributed by atoms with Crippen molar-refractivity contribution in [2.75, 3.05) is 0 Å². The molecule has 3 rings (SSSR count). The number of nitrogens with one attached hydrogen (secondary N) is 1. The molecule has 1 aromatic rings. The van der Waals surface area contributed by atoms with Gasteiger partial charge >= 0.3 is 0 Å². The Hall–Kier alpha value is -0.870. The van der Waals surface area contributed by atoms with Crippen LogP contribution in [0.15, 0.2) is 17.5 Å². The highest BCUT2D eigenvalue weighted by molar-refractivity contribution is 7.10. The molecule has 1 aromatic heterocycles. The van der Waals surface area contributed by atoms with Crippen LogP contribution in [0.5, 0.6) is 0 Å². The minimum absolute atomic E-state index is 0.0602. The first-order valence-corrected chi connectivity index (χ1v) is 8.63. The Balaban J connectivity index is 1.87. The van der Waals surface area contributed by atoms with Crippen LogP contribution < -0.4 is 5.32 Å². The highest BCUT2D eigenvalue weighted by Gasteiger charge is 2.46. The summed E-state index contributed by atoms with van der Waals surface area (Å²) >= 11 is 1.74. The van der Waals surface area contributed by atoms with E-state index in [2.05, 4.69) is 41.6 Å². The van der Waals surface area contributed by atoms with E-state index < -0.39 is 0 Å². The van der Waals surface area contributed by atoms with Crippen molar-refractivity contribution in [1.82, 2.24) is 10.2 Å². The molecule has 2 heterocycles. The second-order valence-electron chi connectivity index (χ2n) is 6.22. The van der Waals surface area contributed by atoms with Crippen LogP contribution in [0.2, 0.25) is 0 Å². The van der Waals surface area contributed by atoms with Gasteiger partial charge in [0.1, 0.15) is 6.17 Å². The van der Waals surface area contributed by atoms with Crippen LogP contribution in [0.3, 0.4) is 0 Å². The Kier molecular flexibility index (Phi) is 3.87. The fourth-order valence-electron chi connectivity index (χ4n) is 3.95. The lowest BCUT2D eigenvalue weighted by Crippen LogP contribution is -2.42. The molecule has 1 saturated carbocycles. The monoisotopic (exact) mass is 292 g/mol. The van der Waals surface area contributed by atoms with Crippen molar-refractivity contribution < 1.29 is 4.79 Å². The molecule has 1 saturated heterocycles. The second-order valence-corrected chi connectivity index (χ2v) is 7.20. The Morgan fingerprint density at radius 1 is 1.40 bits per heavy atom. The first kappa shape index (κ1) is 14.1. The van der Waals surface area contributed by atoms with Gasteiger partial charge in [-0.15, -0.1) is 11.3 Å². The van der Waals surface area contributed by atoms with Gasteiger partial charge in [0.25, 0.3) is 0 Å². The summed E-state index contributed by atoms with van der Waals surface area (Å²) in [7, 11) is 0. The van der Waals surface area contributed by atoms with Crippen LogP contribution in [0.4, 0.5) is 0 Å². The molecule has 4 heteroatoms. The van der Waals surface area contributed by atoms with Gasteiger partial charge in [-0.05, 0) is 43.0 Å². The zero-order valence-corrected chi connectivity index (χ0v) is 13.3. The maximum absolute atomic E-state index is 12.6. The summed E-state index contributed by atoms with van der Waals surface area (Å²) in [5.74, 6) is 1.66. The molecule has 1 amide bonds. The lowest BCUT2D eigenvalue weighted by atomic mass is 9.92. The first-order chi connectivity index (χ1) is 9.63. The molecule has 0 radical (unpaired) electrons. The van der Waals surface area contributed by atoms with Crippen molar-refractivity contribution in [2.45, 2.75) is 58.3 Å². The quantitative estimate of drug-likeness (QED) is 0.926. The molecule has 20 heavy (non-hydrogen) atoms. The van der Waals surface area contributed by atoms with E-state index >= 15 is 0 Å². The van der Waals surface area contributed by atoms with Crippen LogP contribution >= 0.6 is 11.3 Å². The van der Waals surface area contributed by atoms with E-state index in [0.717, 1.165) is 12.3 Å². The molecule has 0 spiro atoms. The third-order valence-corrected chi connectivity index (χ3v) is 6.11. The zero-order valence-electron chi connectivity index (χ0n) is 12.5. The highest BCUT2D eigenvalue weighted by atomic mass is 32.1. The number of hydrogen-bond acceptors (Lipinski definition) is 3. The molecule has 110 valence electrons. The summed E-state index contributed by atoms with van der Waals surface area (Å²) in [5, 5.41) is 5.57. The van der Waals surface area contributed by atoms with Crippen molar-refractivity contribution in [3.63, 3.8) is 0 Å². The summed E-state index contributed by atoms with van der Waals surface area (Å²) in [5.41, 5.74) is 0. The third kappa shape index (κ3) is 2.19. The van der Waals surface area contributed by atoms with E-state index in [1.807, 2.05) is 6.92 Å². The van der Waals surface area contributed by atoms with E-state index in [4.69, 9.17) is 0 Å². The molecule has 5 atom stereocenters. The standard InChI is InChI=1S/C16H24N2OS/c1-4-12-7-8-13(10(12)2)18-15(14-6-5-9-20-14)17-11(3)16(18)19/h5-6,9-13,15,17H,4,7-8H2,1-3H3. The van der Waals surface area contributed by atoms with Crippen LogP contribution in [0.25, 0.3) is 0 Å². The van der Waals surface area contributed by atoms with Crippen LogP contribution in [-0.2, 0) is 4.79 Å². The normalized spacial score (nSPS) is 37.9. The molecule has 5 unspecified atom stereocenters. The Bertz CT molecular complexity index is 473. The summed E-state index contributed by atoms with van der Waals surface area (Å²) < 4.78 is 0. The maximum Gasteiger partial charge on any atom is 0.241 e. The minimum Gasteiger partial charge on any atom is -0.317 e. The largest absolute Gasteiger partial charge is 0.317 e. The Labute approximate surface area is 125 Å². The molecule has 1 aliphatic heterocycles. The van der Waals surface area contributed by atoms with Crippen LogP contribution in [0.1, 0.15) is 51.1 Å². The predicted molar refractivity (Wildman–Crippen MR) is 82.5 cm³/mol. The smallest absolute Gasteiger partial charge is 0.241 e. The lowest BCUT2D eigenvalue weighted by Gasteiger charge is -2.33. The van der Waals surface area contributed by atoms with Gasteiger partial charge in [-0.3, -0.25) is 10.1 Å². The van der Waals surface area contributed by atoms with Gasteiger partial charge in [-0.25, -0.2) is 0 Å². The van der Waals surface area contributed by atoms with Crippen molar-refractivity contribution in [3.05, 3.63) is 22.4 Å². The minimum atomic E-state index is -0.0602. The summed E-state index contributed by atoms with van der Waals surface area (Å²) in [6.07, 6.45) is 3.73. The maximum atomic E-state index is 12.6. The number of hydrogen-bond donors (Lipinski definition) is 1. The molecule has 1 aliphatic carbocycles. The predicted octanol–water partition coefficient (Wildman–Crippen LogP) is 3.39. The van der Waals surface area contributed by atoms with Crippen molar-refractivity contribution >= 4 is 17.2 Å². The summed E-state index contributed by atoms with van der Waals surface area (Å²) in [4.78, 5) is 16.0. The summed E-state index contributed by atoms with van der Waals surface area (Å²) in [6, 6.07) is 4.55. The molecular weight excluding hydrogens is 268 g/mol. The topological polar surface area (TPSA) is 32.3 Å². The van der Waals surface area contributed by atoms with Gasteiger partial charge < -0.3 is 4.90 Å². The first-order valence-electron chi connectivity index (χ1n) is 7.75. The Morgan fingerprint density at radius 2 is 2.20 bits per heavy atom. The van der Waals surface area contributed by atoms with Crippen LogP contribution in [-0.4, -0.2) is 22.9 Å². The number of thiophene rings is 1. The molecule has 1 N–H and O–H groups in total. The molecule has 2 fully saturated rings. The second kappa shape index (κ2) is 5.49. The molecule has 2 aliphatic rings. The van der Waals surface area contributed by atoms with E-state index in [1.54, 1.807) is 11.3 Å². The zero-order chi connectivity index (χ0) is 14.3. The van der Waals surface area contributed by atoms with E-state index in [-0.39, 0.29) is 18.1 Å². The van der Waals surface area contributed by atoms with Crippen molar-refractivity contribution in [3.8, 4) is 0 Å². The van der Waals surface area contributed by atoms with Gasteiger partial charge in [-0.1, -0.05) is 26.3 Å². The molecular formula is C16H24N2OS. The van der Waals surface area contributed by atoms with Crippen LogP contribution in [0, 0.1) is 11.8 Å². The number of amides is 1. The molecule has 3 nitrogen and oxygen atoms in total. The van der Waals surface area contributed by atoms with Gasteiger partial charge in [0.2, 0.25) is 5.91 Å². The average Bonchev–Trinajstić information content (AvgIpc) is 3.12. The van der Waals surface area contributed by atoms with Crippen molar-refractivity contribution in [1.29, 1.82) is 0 Å². The fraction of sp³-hybridized carbons (Fsp3) is 0.688. The number of nitrogens with zero attached hydrogens (tertiary/aromatic N) is 1. The number of carbonyl (C=O) groups is 1. The number of carbonyl (C=O) groups excluding carboxylic acids is 1. The lowest BCUT2D eigenvalue weighted by molar-refractivity contribution is -0.132. The van der Waals surface area contributed by atoms with E-state index in [9.17, 15) is 4.79 Å².